The number of nitrogen functional groups attached to an aromatic ring is 1. The van der Waals surface area contributed by atoms with Crippen LogP contribution in [0.2, 0.25) is 0 Å². The van der Waals surface area contributed by atoms with E-state index < -0.39 is 0 Å². The molecule has 1 aromatic carbocycles. The van der Waals surface area contributed by atoms with E-state index in [1.807, 2.05) is 19.9 Å². The topological polar surface area (TPSA) is 41.7 Å². The molecule has 1 heterocycles. The van der Waals surface area contributed by atoms with Crippen molar-refractivity contribution in [2.24, 2.45) is 5.92 Å². The van der Waals surface area contributed by atoms with Crippen molar-refractivity contribution in [1.29, 1.82) is 0 Å². The number of rotatable bonds is 5. The summed E-state index contributed by atoms with van der Waals surface area (Å²) in [6.07, 6.45) is 0.144. The molecule has 0 spiro atoms. The molecule has 0 bridgehead atoms. The third kappa shape index (κ3) is 4.53. The van der Waals surface area contributed by atoms with E-state index in [2.05, 4.69) is 35.8 Å². The minimum absolute atomic E-state index is 0.144. The zero-order valence-electron chi connectivity index (χ0n) is 13.8. The van der Waals surface area contributed by atoms with Gasteiger partial charge in [0.25, 0.3) is 0 Å². The molecule has 21 heavy (non-hydrogen) atoms. The van der Waals surface area contributed by atoms with E-state index in [0.29, 0.717) is 5.69 Å². The van der Waals surface area contributed by atoms with E-state index >= 15 is 0 Å². The molecule has 0 aliphatic carbocycles. The van der Waals surface area contributed by atoms with Crippen LogP contribution in [0.25, 0.3) is 0 Å². The number of nitrogens with two attached hydrogens (primary N) is 1. The predicted octanol–water partition coefficient (Wildman–Crippen LogP) is 2.83. The summed E-state index contributed by atoms with van der Waals surface area (Å²) in [6, 6.07) is 6.13. The Morgan fingerprint density at radius 1 is 1.10 bits per heavy atom. The lowest BCUT2D eigenvalue weighted by atomic mass is 10.1. The molecule has 4 nitrogen and oxygen atoms in total. The van der Waals surface area contributed by atoms with Gasteiger partial charge < -0.3 is 15.4 Å². The molecule has 1 aliphatic rings. The number of nitrogens with zero attached hydrogens (tertiary/aromatic N) is 2. The second-order valence-corrected chi connectivity index (χ2v) is 6.57. The molecule has 1 fully saturated rings. The van der Waals surface area contributed by atoms with E-state index in [9.17, 15) is 0 Å². The van der Waals surface area contributed by atoms with Crippen molar-refractivity contribution in [1.82, 2.24) is 4.90 Å². The minimum Gasteiger partial charge on any atom is -0.489 e. The number of hydrogen-bond donors (Lipinski definition) is 1. The maximum Gasteiger partial charge on any atom is 0.144 e. The molecule has 0 aromatic heterocycles. The van der Waals surface area contributed by atoms with Crippen LogP contribution in [0.15, 0.2) is 18.2 Å². The van der Waals surface area contributed by atoms with Gasteiger partial charge in [0.2, 0.25) is 0 Å². The second kappa shape index (κ2) is 7.03. The van der Waals surface area contributed by atoms with Crippen molar-refractivity contribution in [3.05, 3.63) is 18.2 Å². The number of anilines is 2. The van der Waals surface area contributed by atoms with Crippen molar-refractivity contribution in [3.63, 3.8) is 0 Å². The van der Waals surface area contributed by atoms with Gasteiger partial charge in [-0.05, 0) is 31.9 Å². The van der Waals surface area contributed by atoms with Crippen molar-refractivity contribution in [3.8, 4) is 5.75 Å². The van der Waals surface area contributed by atoms with Crippen molar-refractivity contribution in [2.45, 2.75) is 33.8 Å². The standard InChI is InChI=1S/C17H29N3O/c1-13(2)12-19-7-9-20(10-8-19)15-5-6-16(18)17(11-15)21-14(3)4/h5-6,11,13-14H,7-10,12,18H2,1-4H3. The van der Waals surface area contributed by atoms with Crippen molar-refractivity contribution < 1.29 is 4.74 Å². The van der Waals surface area contributed by atoms with Gasteiger partial charge in [-0.25, -0.2) is 0 Å². The third-order valence-corrected chi connectivity index (χ3v) is 3.72. The van der Waals surface area contributed by atoms with E-state index in [4.69, 9.17) is 10.5 Å². The highest BCUT2D eigenvalue weighted by atomic mass is 16.5. The first-order valence-electron chi connectivity index (χ1n) is 7.99. The van der Waals surface area contributed by atoms with Crippen LogP contribution in [0, 0.1) is 5.92 Å². The highest BCUT2D eigenvalue weighted by molar-refractivity contribution is 5.62. The molecule has 118 valence electrons. The Morgan fingerprint density at radius 2 is 1.76 bits per heavy atom. The van der Waals surface area contributed by atoms with Crippen molar-refractivity contribution in [2.75, 3.05) is 43.4 Å². The zero-order valence-corrected chi connectivity index (χ0v) is 13.8. The Labute approximate surface area is 128 Å². The van der Waals surface area contributed by atoms with Crippen LogP contribution in [0.3, 0.4) is 0 Å². The zero-order chi connectivity index (χ0) is 15.4. The lowest BCUT2D eigenvalue weighted by molar-refractivity contribution is 0.230. The molecule has 1 aromatic rings. The Hall–Kier alpha value is -1.42. The van der Waals surface area contributed by atoms with Gasteiger partial charge in [-0.1, -0.05) is 13.8 Å². The molecule has 0 amide bonds. The first kappa shape index (κ1) is 16.0. The van der Waals surface area contributed by atoms with Crippen LogP contribution in [-0.2, 0) is 0 Å². The summed E-state index contributed by atoms with van der Waals surface area (Å²) < 4.78 is 5.79. The summed E-state index contributed by atoms with van der Waals surface area (Å²) in [5.41, 5.74) is 7.92. The van der Waals surface area contributed by atoms with Gasteiger partial charge in [0.15, 0.2) is 0 Å². The lowest BCUT2D eigenvalue weighted by Crippen LogP contribution is -2.47. The summed E-state index contributed by atoms with van der Waals surface area (Å²) in [7, 11) is 0. The molecule has 0 unspecified atom stereocenters. The molecule has 1 aliphatic heterocycles. The Kier molecular flexibility index (Phi) is 5.34. The molecular formula is C17H29N3O. The third-order valence-electron chi connectivity index (χ3n) is 3.72. The predicted molar refractivity (Wildman–Crippen MR) is 90.1 cm³/mol. The van der Waals surface area contributed by atoms with Crippen molar-refractivity contribution >= 4 is 11.4 Å². The fraction of sp³-hybridized carbons (Fsp3) is 0.647. The van der Waals surface area contributed by atoms with Gasteiger partial charge in [0, 0.05) is 44.5 Å². The summed E-state index contributed by atoms with van der Waals surface area (Å²) in [6.45, 7) is 14.2. The van der Waals surface area contributed by atoms with Gasteiger partial charge in [0.1, 0.15) is 5.75 Å². The largest absolute Gasteiger partial charge is 0.489 e. The molecule has 0 saturated carbocycles. The first-order valence-corrected chi connectivity index (χ1v) is 7.99. The summed E-state index contributed by atoms with van der Waals surface area (Å²) >= 11 is 0. The Balaban J connectivity index is 2.00. The number of hydrogen-bond acceptors (Lipinski definition) is 4. The summed E-state index contributed by atoms with van der Waals surface area (Å²) in [5.74, 6) is 1.53. The number of ether oxygens (including phenoxy) is 1. The SMILES string of the molecule is CC(C)CN1CCN(c2ccc(N)c(OC(C)C)c2)CC1. The Morgan fingerprint density at radius 3 is 2.33 bits per heavy atom. The average Bonchev–Trinajstić information content (AvgIpc) is 2.41. The maximum atomic E-state index is 5.99. The monoisotopic (exact) mass is 291 g/mol. The smallest absolute Gasteiger partial charge is 0.144 e. The van der Waals surface area contributed by atoms with Gasteiger partial charge in [-0.15, -0.1) is 0 Å². The number of piperazine rings is 1. The normalized spacial score (nSPS) is 16.8. The van der Waals surface area contributed by atoms with Gasteiger partial charge in [-0.2, -0.15) is 0 Å². The number of benzene rings is 1. The highest BCUT2D eigenvalue weighted by Crippen LogP contribution is 2.29. The average molecular weight is 291 g/mol. The highest BCUT2D eigenvalue weighted by Gasteiger charge is 2.18. The van der Waals surface area contributed by atoms with Gasteiger partial charge in [-0.3, -0.25) is 4.90 Å². The van der Waals surface area contributed by atoms with Crippen LogP contribution >= 0.6 is 0 Å². The summed E-state index contributed by atoms with van der Waals surface area (Å²) in [4.78, 5) is 4.97. The van der Waals surface area contributed by atoms with Crippen LogP contribution in [0.5, 0.6) is 5.75 Å². The molecule has 2 rings (SSSR count). The first-order chi connectivity index (χ1) is 9.95. The molecule has 0 atom stereocenters. The van der Waals surface area contributed by atoms with E-state index in [1.165, 1.54) is 12.2 Å². The van der Waals surface area contributed by atoms with Crippen LogP contribution in [-0.4, -0.2) is 43.7 Å². The van der Waals surface area contributed by atoms with E-state index in [-0.39, 0.29) is 6.10 Å². The summed E-state index contributed by atoms with van der Waals surface area (Å²) in [5, 5.41) is 0. The quantitative estimate of drug-likeness (QED) is 0.847. The lowest BCUT2D eigenvalue weighted by Gasteiger charge is -2.37. The van der Waals surface area contributed by atoms with Gasteiger partial charge in [0.05, 0.1) is 11.8 Å². The van der Waals surface area contributed by atoms with Crippen LogP contribution in [0.1, 0.15) is 27.7 Å². The van der Waals surface area contributed by atoms with E-state index in [1.54, 1.807) is 0 Å². The molecule has 1 saturated heterocycles. The molecule has 0 radical (unpaired) electrons. The minimum atomic E-state index is 0.144. The van der Waals surface area contributed by atoms with Crippen LogP contribution in [0.4, 0.5) is 11.4 Å². The maximum absolute atomic E-state index is 5.99. The second-order valence-electron chi connectivity index (χ2n) is 6.57. The fourth-order valence-electron chi connectivity index (χ4n) is 2.78. The molecule has 4 heteroatoms. The van der Waals surface area contributed by atoms with Crippen LogP contribution < -0.4 is 15.4 Å². The van der Waals surface area contributed by atoms with Gasteiger partial charge >= 0.3 is 0 Å². The van der Waals surface area contributed by atoms with E-state index in [0.717, 1.165) is 37.8 Å². The Bertz CT molecular complexity index is 451. The molecule has 2 N–H and O–H groups in total. The molecular weight excluding hydrogens is 262 g/mol. The fourth-order valence-corrected chi connectivity index (χ4v) is 2.78.